The normalized spacial score (nSPS) is 18.7. The molecule has 0 bridgehead atoms. The van der Waals surface area contributed by atoms with E-state index in [0.717, 1.165) is 24.9 Å². The second kappa shape index (κ2) is 8.70. The van der Waals surface area contributed by atoms with E-state index in [9.17, 15) is 9.90 Å². The number of ether oxygens (including phenoxy) is 1. The van der Waals surface area contributed by atoms with Gasteiger partial charge in [-0.1, -0.05) is 12.2 Å². The molecule has 126 valence electrons. The van der Waals surface area contributed by atoms with E-state index in [-0.39, 0.29) is 18.4 Å². The van der Waals surface area contributed by atoms with E-state index in [1.165, 1.54) is 0 Å². The lowest BCUT2D eigenvalue weighted by atomic mass is 9.93. The Labute approximate surface area is 137 Å². The summed E-state index contributed by atoms with van der Waals surface area (Å²) < 4.78 is 5.55. The van der Waals surface area contributed by atoms with Gasteiger partial charge in [0.2, 0.25) is 5.91 Å². The molecule has 1 aromatic carbocycles. The van der Waals surface area contributed by atoms with Crippen LogP contribution in [-0.4, -0.2) is 49.3 Å². The zero-order valence-electron chi connectivity index (χ0n) is 13.9. The molecule has 0 saturated carbocycles. The van der Waals surface area contributed by atoms with Gasteiger partial charge in [0.25, 0.3) is 0 Å². The molecule has 0 spiro atoms. The third-order valence-corrected chi connectivity index (χ3v) is 3.78. The van der Waals surface area contributed by atoms with Crippen LogP contribution >= 0.6 is 0 Å². The van der Waals surface area contributed by atoms with Crippen LogP contribution in [0.3, 0.4) is 0 Å². The van der Waals surface area contributed by atoms with Gasteiger partial charge in [-0.05, 0) is 57.6 Å². The van der Waals surface area contributed by atoms with Gasteiger partial charge < -0.3 is 20.1 Å². The van der Waals surface area contributed by atoms with Crippen LogP contribution in [0.5, 0.6) is 5.75 Å². The van der Waals surface area contributed by atoms with Gasteiger partial charge in [0.05, 0.1) is 0 Å². The summed E-state index contributed by atoms with van der Waals surface area (Å²) in [6.07, 6.45) is 6.37. The van der Waals surface area contributed by atoms with Crippen LogP contribution in [0, 0.1) is 5.92 Å². The number of allylic oxidation sites excluding steroid dienone is 2. The number of aliphatic hydroxyl groups excluding tert-OH is 1. The Morgan fingerprint density at radius 2 is 2.09 bits per heavy atom. The van der Waals surface area contributed by atoms with E-state index in [1.54, 1.807) is 12.1 Å². The first kappa shape index (κ1) is 17.5. The van der Waals surface area contributed by atoms with Crippen LogP contribution in [-0.2, 0) is 4.79 Å². The van der Waals surface area contributed by atoms with Crippen molar-refractivity contribution in [2.45, 2.75) is 25.4 Å². The van der Waals surface area contributed by atoms with Gasteiger partial charge in [-0.15, -0.1) is 0 Å². The topological polar surface area (TPSA) is 61.8 Å². The maximum Gasteiger partial charge on any atom is 0.227 e. The zero-order chi connectivity index (χ0) is 16.7. The number of hydrogen-bond donors (Lipinski definition) is 2. The fourth-order valence-electron chi connectivity index (χ4n) is 2.58. The van der Waals surface area contributed by atoms with E-state index in [0.29, 0.717) is 12.3 Å². The lowest BCUT2D eigenvalue weighted by Crippen LogP contribution is -2.30. The van der Waals surface area contributed by atoms with Gasteiger partial charge >= 0.3 is 0 Å². The highest BCUT2D eigenvalue weighted by Crippen LogP contribution is 2.21. The van der Waals surface area contributed by atoms with Gasteiger partial charge in [-0.3, -0.25) is 4.79 Å². The van der Waals surface area contributed by atoms with Crippen molar-refractivity contribution in [3.05, 3.63) is 36.4 Å². The average Bonchev–Trinajstić information content (AvgIpc) is 2.54. The smallest absolute Gasteiger partial charge is 0.227 e. The molecule has 0 unspecified atom stereocenters. The average molecular weight is 318 g/mol. The molecule has 1 aromatic rings. The van der Waals surface area contributed by atoms with Crippen molar-refractivity contribution in [2.24, 2.45) is 5.92 Å². The molecule has 0 heterocycles. The fourth-order valence-corrected chi connectivity index (χ4v) is 2.58. The third kappa shape index (κ3) is 6.04. The van der Waals surface area contributed by atoms with Crippen LogP contribution < -0.4 is 10.1 Å². The summed E-state index contributed by atoms with van der Waals surface area (Å²) in [6, 6.07) is 7.26. The van der Waals surface area contributed by atoms with Gasteiger partial charge in [0, 0.05) is 18.2 Å². The second-order valence-corrected chi connectivity index (χ2v) is 6.22. The molecule has 1 aliphatic carbocycles. The van der Waals surface area contributed by atoms with Gasteiger partial charge in [-0.25, -0.2) is 0 Å². The molecular formula is C18H26N2O3. The molecule has 1 amide bonds. The highest BCUT2D eigenvalue weighted by molar-refractivity contribution is 5.92. The number of amides is 1. The summed E-state index contributed by atoms with van der Waals surface area (Å²) in [6.45, 7) is 0.808. The number of rotatable bonds is 7. The molecular weight excluding hydrogens is 292 g/mol. The van der Waals surface area contributed by atoms with Crippen LogP contribution in [0.25, 0.3) is 0 Å². The van der Waals surface area contributed by atoms with Crippen LogP contribution in [0.1, 0.15) is 19.3 Å². The summed E-state index contributed by atoms with van der Waals surface area (Å²) in [5, 5.41) is 12.7. The van der Waals surface area contributed by atoms with Crippen molar-refractivity contribution in [2.75, 3.05) is 32.6 Å². The number of carbonyl (C=O) groups is 1. The monoisotopic (exact) mass is 318 g/mol. The molecule has 5 heteroatoms. The molecule has 0 aliphatic heterocycles. The molecule has 2 N–H and O–H groups in total. The first-order valence-electron chi connectivity index (χ1n) is 8.06. The number of anilines is 1. The number of nitrogens with one attached hydrogen (secondary N) is 1. The Morgan fingerprint density at radius 1 is 1.35 bits per heavy atom. The summed E-state index contributed by atoms with van der Waals surface area (Å²) in [7, 11) is 3.81. The lowest BCUT2D eigenvalue weighted by molar-refractivity contribution is -0.120. The minimum absolute atomic E-state index is 0.0668. The van der Waals surface area contributed by atoms with E-state index in [2.05, 4.69) is 17.5 Å². The molecule has 0 radical (unpaired) electrons. The third-order valence-electron chi connectivity index (χ3n) is 3.78. The Hall–Kier alpha value is -1.85. The van der Waals surface area contributed by atoms with E-state index >= 15 is 0 Å². The van der Waals surface area contributed by atoms with E-state index < -0.39 is 6.10 Å². The second-order valence-electron chi connectivity index (χ2n) is 6.22. The number of hydrogen-bond acceptors (Lipinski definition) is 4. The highest BCUT2D eigenvalue weighted by Gasteiger charge is 2.18. The molecule has 5 nitrogen and oxygen atoms in total. The Balaban J connectivity index is 1.80. The quantitative estimate of drug-likeness (QED) is 0.757. The molecule has 0 aromatic heterocycles. The Bertz CT molecular complexity index is 526. The molecule has 1 aliphatic rings. The van der Waals surface area contributed by atoms with Crippen LogP contribution in [0.15, 0.2) is 36.4 Å². The first-order chi connectivity index (χ1) is 11.0. The first-order valence-corrected chi connectivity index (χ1v) is 8.06. The SMILES string of the molecule is CN(C)C[C@H](O)COc1ccc(NC(=O)[C@@H]2CC=CCC2)cc1. The molecule has 2 rings (SSSR count). The predicted molar refractivity (Wildman–Crippen MR) is 91.6 cm³/mol. The van der Waals surface area contributed by atoms with Gasteiger partial charge in [0.15, 0.2) is 0 Å². The molecule has 2 atom stereocenters. The van der Waals surface area contributed by atoms with E-state index in [1.807, 2.05) is 31.1 Å². The molecule has 23 heavy (non-hydrogen) atoms. The Kier molecular flexibility index (Phi) is 6.62. The summed E-state index contributed by atoms with van der Waals surface area (Å²) in [4.78, 5) is 14.1. The van der Waals surface area contributed by atoms with Gasteiger partial charge in [-0.2, -0.15) is 0 Å². The molecule has 0 fully saturated rings. The maximum atomic E-state index is 12.2. The van der Waals surface area contributed by atoms with Crippen molar-refractivity contribution in [1.82, 2.24) is 4.90 Å². The van der Waals surface area contributed by atoms with Crippen molar-refractivity contribution >= 4 is 11.6 Å². The summed E-state index contributed by atoms with van der Waals surface area (Å²) in [5.41, 5.74) is 0.769. The standard InChI is InChI=1S/C18H26N2O3/c1-20(2)12-16(21)13-23-17-10-8-15(9-11-17)19-18(22)14-6-4-3-5-7-14/h3-4,8-11,14,16,21H,5-7,12-13H2,1-2H3,(H,19,22)/t14-,16+/m1/s1. The fraction of sp³-hybridized carbons (Fsp3) is 0.500. The predicted octanol–water partition coefficient (Wildman–Crippen LogP) is 2.28. The Morgan fingerprint density at radius 3 is 2.70 bits per heavy atom. The lowest BCUT2D eigenvalue weighted by Gasteiger charge is -2.18. The van der Waals surface area contributed by atoms with Crippen molar-refractivity contribution < 1.29 is 14.6 Å². The van der Waals surface area contributed by atoms with E-state index in [4.69, 9.17) is 4.74 Å². The summed E-state index contributed by atoms with van der Waals surface area (Å²) in [5.74, 6) is 0.822. The number of carbonyl (C=O) groups excluding carboxylic acids is 1. The van der Waals surface area contributed by atoms with Crippen molar-refractivity contribution in [1.29, 1.82) is 0 Å². The summed E-state index contributed by atoms with van der Waals surface area (Å²) >= 11 is 0. The minimum atomic E-state index is -0.524. The number of nitrogens with zero attached hydrogens (tertiary/aromatic N) is 1. The zero-order valence-corrected chi connectivity index (χ0v) is 13.9. The highest BCUT2D eigenvalue weighted by atomic mass is 16.5. The van der Waals surface area contributed by atoms with Crippen molar-refractivity contribution in [3.8, 4) is 5.75 Å². The van der Waals surface area contributed by atoms with Crippen molar-refractivity contribution in [3.63, 3.8) is 0 Å². The minimum Gasteiger partial charge on any atom is -0.491 e. The van der Waals surface area contributed by atoms with Gasteiger partial charge in [0.1, 0.15) is 18.5 Å². The number of likely N-dealkylation sites (N-methyl/N-ethyl adjacent to an activating group) is 1. The maximum absolute atomic E-state index is 12.2. The van der Waals surface area contributed by atoms with Crippen LogP contribution in [0.2, 0.25) is 0 Å². The van der Waals surface area contributed by atoms with Crippen LogP contribution in [0.4, 0.5) is 5.69 Å². The molecule has 0 saturated heterocycles. The largest absolute Gasteiger partial charge is 0.491 e. The number of benzene rings is 1. The number of aliphatic hydroxyl groups is 1.